The predicted octanol–water partition coefficient (Wildman–Crippen LogP) is 2.40. The second-order valence-electron chi connectivity index (χ2n) is 3.00. The van der Waals surface area contributed by atoms with Gasteiger partial charge in [-0.3, -0.25) is 4.79 Å². The quantitative estimate of drug-likeness (QED) is 0.887. The van der Waals surface area contributed by atoms with Gasteiger partial charge in [0.1, 0.15) is 12.0 Å². The van der Waals surface area contributed by atoms with Gasteiger partial charge in [-0.2, -0.15) is 0 Å². The lowest BCUT2D eigenvalue weighted by Gasteiger charge is -2.04. The van der Waals surface area contributed by atoms with E-state index in [-0.39, 0.29) is 11.3 Å². The maximum Gasteiger partial charge on any atom is 0.260 e. The summed E-state index contributed by atoms with van der Waals surface area (Å²) < 4.78 is 5.27. The van der Waals surface area contributed by atoms with E-state index in [9.17, 15) is 9.90 Å². The third kappa shape index (κ3) is 2.22. The van der Waals surface area contributed by atoms with Gasteiger partial charge < -0.3 is 14.9 Å². The van der Waals surface area contributed by atoms with Gasteiger partial charge in [0.15, 0.2) is 5.82 Å². The van der Waals surface area contributed by atoms with E-state index in [1.165, 1.54) is 24.5 Å². The van der Waals surface area contributed by atoms with E-state index in [0.29, 0.717) is 10.3 Å². The lowest BCUT2D eigenvalue weighted by molar-refractivity contribution is 0.102. The van der Waals surface area contributed by atoms with Gasteiger partial charge in [-0.1, -0.05) is 21.1 Å². The zero-order valence-electron chi connectivity index (χ0n) is 7.98. The highest BCUT2D eigenvalue weighted by Crippen LogP contribution is 2.22. The first-order valence-corrected chi connectivity index (χ1v) is 5.16. The number of aromatic nitrogens is 1. The minimum Gasteiger partial charge on any atom is -0.507 e. The summed E-state index contributed by atoms with van der Waals surface area (Å²) in [7, 11) is 0. The molecular formula is C10H7BrN2O3. The molecule has 0 spiro atoms. The number of nitrogens with zero attached hydrogens (tertiary/aromatic N) is 1. The molecule has 1 aromatic heterocycles. The topological polar surface area (TPSA) is 75.4 Å². The van der Waals surface area contributed by atoms with E-state index in [1.807, 2.05) is 0 Å². The van der Waals surface area contributed by atoms with Gasteiger partial charge in [0.25, 0.3) is 5.91 Å². The van der Waals surface area contributed by atoms with Crippen molar-refractivity contribution in [1.82, 2.24) is 5.16 Å². The van der Waals surface area contributed by atoms with Crippen LogP contribution in [0.4, 0.5) is 5.82 Å². The van der Waals surface area contributed by atoms with E-state index in [2.05, 4.69) is 30.9 Å². The average molecular weight is 283 g/mol. The average Bonchev–Trinajstić information content (AvgIpc) is 2.74. The Balaban J connectivity index is 2.24. The van der Waals surface area contributed by atoms with Gasteiger partial charge in [-0.25, -0.2) is 0 Å². The van der Waals surface area contributed by atoms with Crippen LogP contribution in [0.1, 0.15) is 10.4 Å². The highest BCUT2D eigenvalue weighted by atomic mass is 79.9. The van der Waals surface area contributed by atoms with Crippen molar-refractivity contribution in [3.8, 4) is 5.75 Å². The molecule has 1 aromatic carbocycles. The summed E-state index contributed by atoms with van der Waals surface area (Å²) >= 11 is 3.22. The second-order valence-corrected chi connectivity index (χ2v) is 3.92. The number of hydrogen-bond acceptors (Lipinski definition) is 4. The maximum atomic E-state index is 11.7. The van der Waals surface area contributed by atoms with E-state index >= 15 is 0 Å². The highest BCUT2D eigenvalue weighted by molar-refractivity contribution is 9.10. The molecule has 2 rings (SSSR count). The molecule has 0 atom stereocenters. The van der Waals surface area contributed by atoms with Crippen LogP contribution in [0.5, 0.6) is 5.75 Å². The molecule has 1 amide bonds. The molecule has 5 nitrogen and oxygen atoms in total. The first kappa shape index (κ1) is 10.7. The Morgan fingerprint density at radius 1 is 1.44 bits per heavy atom. The number of carbonyl (C=O) groups excluding carboxylic acids is 1. The summed E-state index contributed by atoms with van der Waals surface area (Å²) in [5.41, 5.74) is 0.164. The molecule has 2 aromatic rings. The van der Waals surface area contributed by atoms with Crippen LogP contribution in [0.25, 0.3) is 0 Å². The van der Waals surface area contributed by atoms with E-state index in [4.69, 9.17) is 0 Å². The van der Waals surface area contributed by atoms with Crippen LogP contribution in [-0.4, -0.2) is 16.2 Å². The minimum absolute atomic E-state index is 0.0933. The summed E-state index contributed by atoms with van der Waals surface area (Å²) in [6.07, 6.45) is 1.34. The Morgan fingerprint density at radius 3 is 2.94 bits per heavy atom. The van der Waals surface area contributed by atoms with Gasteiger partial charge in [0.05, 0.1) is 5.56 Å². The maximum absolute atomic E-state index is 11.7. The van der Waals surface area contributed by atoms with Gasteiger partial charge in [0, 0.05) is 10.5 Å². The number of anilines is 1. The summed E-state index contributed by atoms with van der Waals surface area (Å²) in [4.78, 5) is 11.7. The van der Waals surface area contributed by atoms with Gasteiger partial charge in [-0.15, -0.1) is 0 Å². The molecule has 1 heterocycles. The largest absolute Gasteiger partial charge is 0.507 e. The number of aromatic hydroxyl groups is 1. The summed E-state index contributed by atoms with van der Waals surface area (Å²) in [5, 5.41) is 15.5. The van der Waals surface area contributed by atoms with Crippen LogP contribution in [-0.2, 0) is 0 Å². The number of phenols is 1. The lowest BCUT2D eigenvalue weighted by atomic mass is 10.2. The standard InChI is InChI=1S/C10H7BrN2O3/c11-6-1-2-8(14)7(5-6)10(15)12-9-3-4-16-13-9/h1-5,14H,(H,12,13,15). The van der Waals surface area contributed by atoms with Crippen molar-refractivity contribution in [1.29, 1.82) is 0 Å². The van der Waals surface area contributed by atoms with Gasteiger partial charge in [-0.05, 0) is 18.2 Å². The van der Waals surface area contributed by atoms with Crippen LogP contribution in [0.3, 0.4) is 0 Å². The Kier molecular flexibility index (Phi) is 2.91. The van der Waals surface area contributed by atoms with Crippen LogP contribution in [0, 0.1) is 0 Å². The fraction of sp³-hybridized carbons (Fsp3) is 0. The fourth-order valence-corrected chi connectivity index (χ4v) is 1.51. The molecule has 16 heavy (non-hydrogen) atoms. The molecule has 0 unspecified atom stereocenters. The number of nitrogens with one attached hydrogen (secondary N) is 1. The molecule has 0 saturated carbocycles. The van der Waals surface area contributed by atoms with Crippen LogP contribution in [0.15, 0.2) is 39.5 Å². The first-order valence-electron chi connectivity index (χ1n) is 4.37. The van der Waals surface area contributed by atoms with Crippen molar-refractivity contribution in [3.05, 3.63) is 40.6 Å². The molecule has 0 aliphatic heterocycles. The number of carbonyl (C=O) groups is 1. The van der Waals surface area contributed by atoms with Crippen molar-refractivity contribution < 1.29 is 14.4 Å². The lowest BCUT2D eigenvalue weighted by Crippen LogP contribution is -2.12. The molecule has 0 radical (unpaired) electrons. The Bertz CT molecular complexity index is 511. The SMILES string of the molecule is O=C(Nc1ccon1)c1cc(Br)ccc1O. The Labute approximate surface area is 99.2 Å². The fourth-order valence-electron chi connectivity index (χ4n) is 1.15. The van der Waals surface area contributed by atoms with Crippen LogP contribution >= 0.6 is 15.9 Å². The minimum atomic E-state index is -0.451. The van der Waals surface area contributed by atoms with Crippen LogP contribution < -0.4 is 5.32 Å². The molecule has 0 bridgehead atoms. The van der Waals surface area contributed by atoms with Crippen molar-refractivity contribution in [2.24, 2.45) is 0 Å². The second kappa shape index (κ2) is 4.36. The van der Waals surface area contributed by atoms with Gasteiger partial charge >= 0.3 is 0 Å². The van der Waals surface area contributed by atoms with Crippen molar-refractivity contribution >= 4 is 27.7 Å². The molecule has 0 fully saturated rings. The van der Waals surface area contributed by atoms with Crippen molar-refractivity contribution in [2.45, 2.75) is 0 Å². The third-order valence-corrected chi connectivity index (χ3v) is 2.38. The number of rotatable bonds is 2. The molecule has 6 heteroatoms. The van der Waals surface area contributed by atoms with Gasteiger partial charge in [0.2, 0.25) is 0 Å². The van der Waals surface area contributed by atoms with Crippen molar-refractivity contribution in [3.63, 3.8) is 0 Å². The molecule has 0 saturated heterocycles. The number of benzene rings is 1. The van der Waals surface area contributed by atoms with Crippen molar-refractivity contribution in [2.75, 3.05) is 5.32 Å². The molecule has 82 valence electrons. The number of hydrogen-bond donors (Lipinski definition) is 2. The smallest absolute Gasteiger partial charge is 0.260 e. The third-order valence-electron chi connectivity index (χ3n) is 1.88. The molecule has 2 N–H and O–H groups in total. The molecule has 0 aliphatic rings. The zero-order valence-corrected chi connectivity index (χ0v) is 9.56. The van der Waals surface area contributed by atoms with Crippen LogP contribution in [0.2, 0.25) is 0 Å². The zero-order chi connectivity index (χ0) is 11.5. The number of halogens is 1. The molecule has 0 aliphatic carbocycles. The first-order chi connectivity index (χ1) is 7.66. The van der Waals surface area contributed by atoms with E-state index < -0.39 is 5.91 Å². The van der Waals surface area contributed by atoms with E-state index in [0.717, 1.165) is 0 Å². The highest BCUT2D eigenvalue weighted by Gasteiger charge is 2.12. The Hall–Kier alpha value is -1.82. The normalized spacial score (nSPS) is 10.1. The molecular weight excluding hydrogens is 276 g/mol. The number of amides is 1. The Morgan fingerprint density at radius 2 is 2.25 bits per heavy atom. The summed E-state index contributed by atoms with van der Waals surface area (Å²) in [6, 6.07) is 6.10. The predicted molar refractivity (Wildman–Crippen MR) is 60.3 cm³/mol. The van der Waals surface area contributed by atoms with E-state index in [1.54, 1.807) is 6.07 Å². The summed E-state index contributed by atoms with van der Waals surface area (Å²) in [6.45, 7) is 0. The number of phenolic OH excluding ortho intramolecular Hbond substituents is 1. The monoisotopic (exact) mass is 282 g/mol. The summed E-state index contributed by atoms with van der Waals surface area (Å²) in [5.74, 6) is -0.249.